The Kier molecular flexibility index (Phi) is 4.84. The molecule has 7 nitrogen and oxygen atoms in total. The Balaban J connectivity index is 1.88. The van der Waals surface area contributed by atoms with Crippen molar-refractivity contribution in [2.45, 2.75) is 32.4 Å². The Morgan fingerprint density at radius 1 is 1.14 bits per heavy atom. The van der Waals surface area contributed by atoms with Gasteiger partial charge in [0.25, 0.3) is 11.5 Å². The van der Waals surface area contributed by atoms with Crippen LogP contribution in [-0.2, 0) is 6.54 Å². The maximum Gasteiger partial charge on any atom is 0.352 e. The van der Waals surface area contributed by atoms with Crippen molar-refractivity contribution in [2.24, 2.45) is 0 Å². The zero-order valence-corrected chi connectivity index (χ0v) is 15.8. The van der Waals surface area contributed by atoms with Crippen molar-refractivity contribution in [1.29, 1.82) is 0 Å². The van der Waals surface area contributed by atoms with Crippen molar-refractivity contribution in [3.05, 3.63) is 92.0 Å². The van der Waals surface area contributed by atoms with Gasteiger partial charge >= 0.3 is 5.69 Å². The van der Waals surface area contributed by atoms with Gasteiger partial charge in [-0.05, 0) is 38.0 Å². The number of carbonyl (C=O) groups is 1. The van der Waals surface area contributed by atoms with Crippen LogP contribution in [0.15, 0.2) is 58.1 Å². The number of hydrogen-bond donors (Lipinski definition) is 1. The number of carbonyl (C=O) groups excluding carboxylic acids is 1. The van der Waals surface area contributed by atoms with Gasteiger partial charge in [0.2, 0.25) is 5.69 Å². The summed E-state index contributed by atoms with van der Waals surface area (Å²) in [6.07, 6.45) is 1.68. The molecule has 1 saturated carbocycles. The van der Waals surface area contributed by atoms with E-state index in [-0.39, 0.29) is 18.2 Å². The van der Waals surface area contributed by atoms with E-state index < -0.39 is 28.7 Å². The highest BCUT2D eigenvalue weighted by Gasteiger charge is 2.27. The molecule has 1 amide bonds. The van der Waals surface area contributed by atoms with Gasteiger partial charge in [-0.25, -0.2) is 9.18 Å². The molecule has 0 atom stereocenters. The van der Waals surface area contributed by atoms with Gasteiger partial charge in [-0.3, -0.25) is 14.2 Å². The highest BCUT2D eigenvalue weighted by molar-refractivity contribution is 5.92. The Morgan fingerprint density at radius 3 is 2.48 bits per heavy atom. The summed E-state index contributed by atoms with van der Waals surface area (Å²) in [5.74, 6) is -1.18. The molecule has 4 rings (SSSR count). The van der Waals surface area contributed by atoms with Crippen LogP contribution in [0.2, 0.25) is 0 Å². The molecule has 0 saturated heterocycles. The fourth-order valence-electron chi connectivity index (χ4n) is 2.93. The van der Waals surface area contributed by atoms with Crippen molar-refractivity contribution in [1.82, 2.24) is 19.7 Å². The first kappa shape index (κ1) is 18.8. The van der Waals surface area contributed by atoms with Crippen LogP contribution in [0.1, 0.15) is 34.5 Å². The van der Waals surface area contributed by atoms with E-state index in [4.69, 9.17) is 0 Å². The van der Waals surface area contributed by atoms with E-state index in [9.17, 15) is 18.8 Å². The van der Waals surface area contributed by atoms with Crippen LogP contribution in [-0.4, -0.2) is 26.3 Å². The Morgan fingerprint density at radius 2 is 1.83 bits per heavy atom. The van der Waals surface area contributed by atoms with Gasteiger partial charge in [0.15, 0.2) is 0 Å². The molecule has 1 aliphatic rings. The number of aryl methyl sites for hydroxylation is 1. The average Bonchev–Trinajstić information content (AvgIpc) is 3.51. The van der Waals surface area contributed by atoms with Crippen molar-refractivity contribution in [3.8, 4) is 5.69 Å². The highest BCUT2D eigenvalue weighted by Crippen LogP contribution is 2.18. The number of nitrogens with zero attached hydrogens (tertiary/aromatic N) is 3. The van der Waals surface area contributed by atoms with Gasteiger partial charge in [-0.2, -0.15) is 9.78 Å². The molecule has 2 aromatic carbocycles. The number of rotatable bonds is 5. The number of hydrogen-bond acceptors (Lipinski definition) is 4. The molecule has 3 aromatic rings. The maximum atomic E-state index is 14.1. The van der Waals surface area contributed by atoms with Crippen molar-refractivity contribution >= 4 is 5.91 Å². The monoisotopic (exact) mass is 394 g/mol. The second kappa shape index (κ2) is 7.46. The molecular formula is C21H19FN4O3. The number of nitrogens with one attached hydrogen (secondary N) is 1. The van der Waals surface area contributed by atoms with Gasteiger partial charge in [0, 0.05) is 11.6 Å². The summed E-state index contributed by atoms with van der Waals surface area (Å²) >= 11 is 0. The van der Waals surface area contributed by atoms with Gasteiger partial charge in [0.1, 0.15) is 5.82 Å². The molecular weight excluding hydrogens is 375 g/mol. The predicted octanol–water partition coefficient (Wildman–Crippen LogP) is 1.78. The third kappa shape index (κ3) is 3.87. The minimum atomic E-state index is -0.847. The van der Waals surface area contributed by atoms with E-state index in [1.807, 2.05) is 6.92 Å². The topological polar surface area (TPSA) is 86.0 Å². The van der Waals surface area contributed by atoms with Crippen molar-refractivity contribution < 1.29 is 9.18 Å². The lowest BCUT2D eigenvalue weighted by Crippen LogP contribution is -2.46. The van der Waals surface area contributed by atoms with Crippen LogP contribution < -0.4 is 16.6 Å². The fourth-order valence-corrected chi connectivity index (χ4v) is 2.93. The van der Waals surface area contributed by atoms with Crippen LogP contribution in [0, 0.1) is 12.7 Å². The molecule has 1 N–H and O–H groups in total. The maximum absolute atomic E-state index is 14.1. The molecule has 8 heteroatoms. The minimum Gasteiger partial charge on any atom is -0.348 e. The van der Waals surface area contributed by atoms with Gasteiger partial charge < -0.3 is 5.32 Å². The largest absolute Gasteiger partial charge is 0.352 e. The summed E-state index contributed by atoms with van der Waals surface area (Å²) in [5, 5.41) is 6.76. The van der Waals surface area contributed by atoms with Gasteiger partial charge in [-0.15, -0.1) is 0 Å². The number of halogens is 1. The lowest BCUT2D eigenvalue weighted by molar-refractivity contribution is 0.0941. The van der Waals surface area contributed by atoms with Crippen LogP contribution in [0.4, 0.5) is 4.39 Å². The zero-order valence-electron chi connectivity index (χ0n) is 15.8. The normalized spacial score (nSPS) is 13.3. The number of benzene rings is 2. The molecule has 0 unspecified atom stereocenters. The molecule has 0 aliphatic heterocycles. The van der Waals surface area contributed by atoms with Crippen LogP contribution in [0.3, 0.4) is 0 Å². The third-order valence-corrected chi connectivity index (χ3v) is 4.75. The SMILES string of the molecule is Cc1ccc(-n2nc(C(=O)NC3CC3)c(=O)n(Cc3ccccc3F)c2=O)cc1. The Bertz CT molecular complexity index is 1190. The first-order valence-corrected chi connectivity index (χ1v) is 9.29. The lowest BCUT2D eigenvalue weighted by atomic mass is 10.2. The molecule has 148 valence electrons. The van der Waals surface area contributed by atoms with Crippen molar-refractivity contribution in [2.75, 3.05) is 0 Å². The van der Waals surface area contributed by atoms with E-state index >= 15 is 0 Å². The molecule has 0 spiro atoms. The second-order valence-corrected chi connectivity index (χ2v) is 7.11. The Labute approximate surface area is 165 Å². The summed E-state index contributed by atoms with van der Waals surface area (Å²) in [6, 6.07) is 12.8. The van der Waals surface area contributed by atoms with Crippen LogP contribution >= 0.6 is 0 Å². The summed E-state index contributed by atoms with van der Waals surface area (Å²) in [5.41, 5.74) is -0.434. The van der Waals surface area contributed by atoms with E-state index in [1.165, 1.54) is 18.2 Å². The number of amides is 1. The molecule has 0 radical (unpaired) electrons. The summed E-state index contributed by atoms with van der Waals surface area (Å²) in [4.78, 5) is 38.5. The molecule has 29 heavy (non-hydrogen) atoms. The molecule has 1 aromatic heterocycles. The summed E-state index contributed by atoms with van der Waals surface area (Å²) in [6.45, 7) is 1.59. The minimum absolute atomic E-state index is 0.0171. The molecule has 1 fully saturated rings. The van der Waals surface area contributed by atoms with Crippen LogP contribution in [0.5, 0.6) is 0 Å². The van der Waals surface area contributed by atoms with Gasteiger partial charge in [0.05, 0.1) is 12.2 Å². The number of aromatic nitrogens is 3. The van der Waals surface area contributed by atoms with E-state index in [2.05, 4.69) is 10.4 Å². The zero-order chi connectivity index (χ0) is 20.5. The van der Waals surface area contributed by atoms with E-state index in [0.29, 0.717) is 5.69 Å². The van der Waals surface area contributed by atoms with E-state index in [0.717, 1.165) is 27.7 Å². The third-order valence-electron chi connectivity index (χ3n) is 4.75. The lowest BCUT2D eigenvalue weighted by Gasteiger charge is -2.12. The quantitative estimate of drug-likeness (QED) is 0.715. The first-order valence-electron chi connectivity index (χ1n) is 9.29. The average molecular weight is 394 g/mol. The second-order valence-electron chi connectivity index (χ2n) is 7.11. The van der Waals surface area contributed by atoms with Gasteiger partial charge in [-0.1, -0.05) is 35.9 Å². The van der Waals surface area contributed by atoms with Crippen LogP contribution in [0.25, 0.3) is 5.69 Å². The van der Waals surface area contributed by atoms with E-state index in [1.54, 1.807) is 30.3 Å². The molecule has 1 aliphatic carbocycles. The fraction of sp³-hybridized carbons (Fsp3) is 0.238. The highest BCUT2D eigenvalue weighted by atomic mass is 19.1. The Hall–Kier alpha value is -3.55. The molecule has 0 bridgehead atoms. The summed E-state index contributed by atoms with van der Waals surface area (Å²) < 4.78 is 16.0. The predicted molar refractivity (Wildman–Crippen MR) is 105 cm³/mol. The summed E-state index contributed by atoms with van der Waals surface area (Å²) in [7, 11) is 0. The first-order chi connectivity index (χ1) is 13.9. The van der Waals surface area contributed by atoms with Crippen molar-refractivity contribution in [3.63, 3.8) is 0 Å². The molecule has 1 heterocycles. The smallest absolute Gasteiger partial charge is 0.348 e. The standard InChI is InChI=1S/C21H19FN4O3/c1-13-6-10-16(11-7-13)26-21(29)25(12-14-4-2-3-5-17(14)22)20(28)18(24-26)19(27)23-15-8-9-15/h2-7,10-11,15H,8-9,12H2,1H3,(H,23,27).